The van der Waals surface area contributed by atoms with E-state index in [1.54, 1.807) is 13.0 Å². The first-order valence-electron chi connectivity index (χ1n) is 8.59. The Bertz CT molecular complexity index is 843. The number of amides is 1. The smallest absolute Gasteiger partial charge is 0.306 e. The van der Waals surface area contributed by atoms with Crippen molar-refractivity contribution in [1.29, 1.82) is 0 Å². The number of nitrogens with zero attached hydrogens (tertiary/aromatic N) is 1. The van der Waals surface area contributed by atoms with Gasteiger partial charge in [0.15, 0.2) is 6.10 Å². The number of ether oxygens (including phenoxy) is 1. The SMILES string of the molecule is CCC1Oc2cc(S(=O)(=O)N3CCC(C(=O)O)CC3)c(C)cc2NC1=O. The number of rotatable bonds is 4. The normalized spacial score (nSPS) is 21.6. The highest BCUT2D eigenvalue weighted by Gasteiger charge is 2.34. The van der Waals surface area contributed by atoms with Gasteiger partial charge in [-0.05, 0) is 37.8 Å². The summed E-state index contributed by atoms with van der Waals surface area (Å²) in [5.41, 5.74) is 0.962. The quantitative estimate of drug-likeness (QED) is 0.818. The lowest BCUT2D eigenvalue weighted by Crippen LogP contribution is -2.40. The predicted molar refractivity (Wildman–Crippen MR) is 93.6 cm³/mol. The van der Waals surface area contributed by atoms with Crippen molar-refractivity contribution in [1.82, 2.24) is 4.31 Å². The maximum atomic E-state index is 13.0. The Morgan fingerprint density at radius 2 is 2.00 bits per heavy atom. The molecule has 0 spiro atoms. The van der Waals surface area contributed by atoms with Gasteiger partial charge in [-0.25, -0.2) is 8.42 Å². The van der Waals surface area contributed by atoms with E-state index in [0.29, 0.717) is 36.3 Å². The highest BCUT2D eigenvalue weighted by atomic mass is 32.2. The summed E-state index contributed by atoms with van der Waals surface area (Å²) in [5.74, 6) is -1.30. The van der Waals surface area contributed by atoms with Gasteiger partial charge in [-0.3, -0.25) is 9.59 Å². The Hall–Kier alpha value is -2.13. The Morgan fingerprint density at radius 1 is 1.35 bits per heavy atom. The number of carboxylic acids is 1. The third-order valence-corrected chi connectivity index (χ3v) is 6.93. The third kappa shape index (κ3) is 3.28. The summed E-state index contributed by atoms with van der Waals surface area (Å²) in [5, 5.41) is 11.8. The summed E-state index contributed by atoms with van der Waals surface area (Å²) in [6.45, 7) is 3.82. The zero-order valence-corrected chi connectivity index (χ0v) is 15.5. The number of benzene rings is 1. The minimum Gasteiger partial charge on any atom is -0.481 e. The number of sulfonamides is 1. The van der Waals surface area contributed by atoms with Gasteiger partial charge in [-0.15, -0.1) is 0 Å². The molecule has 0 radical (unpaired) electrons. The van der Waals surface area contributed by atoms with Crippen LogP contribution in [0.2, 0.25) is 0 Å². The maximum Gasteiger partial charge on any atom is 0.306 e. The van der Waals surface area contributed by atoms with Crippen LogP contribution >= 0.6 is 0 Å². The van der Waals surface area contributed by atoms with E-state index in [0.717, 1.165) is 0 Å². The highest BCUT2D eigenvalue weighted by Crippen LogP contribution is 2.36. The summed E-state index contributed by atoms with van der Waals surface area (Å²) in [4.78, 5) is 23.1. The van der Waals surface area contributed by atoms with Gasteiger partial charge in [0, 0.05) is 19.2 Å². The molecular weight excluding hydrogens is 360 g/mol. The molecule has 8 nitrogen and oxygen atoms in total. The second kappa shape index (κ2) is 6.88. The molecule has 1 fully saturated rings. The largest absolute Gasteiger partial charge is 0.481 e. The molecule has 26 heavy (non-hydrogen) atoms. The van der Waals surface area contributed by atoms with Crippen LogP contribution in [0.1, 0.15) is 31.7 Å². The number of anilines is 1. The molecule has 1 unspecified atom stereocenters. The lowest BCUT2D eigenvalue weighted by atomic mass is 9.99. The predicted octanol–water partition coefficient (Wildman–Crippen LogP) is 1.59. The number of piperidine rings is 1. The average Bonchev–Trinajstić information content (AvgIpc) is 2.60. The summed E-state index contributed by atoms with van der Waals surface area (Å²) < 4.78 is 33.0. The van der Waals surface area contributed by atoms with E-state index in [2.05, 4.69) is 5.32 Å². The van der Waals surface area contributed by atoms with E-state index in [1.165, 1.54) is 10.4 Å². The van der Waals surface area contributed by atoms with Crippen molar-refractivity contribution in [3.63, 3.8) is 0 Å². The monoisotopic (exact) mass is 382 g/mol. The number of aliphatic carboxylic acids is 1. The second-order valence-electron chi connectivity index (χ2n) is 6.63. The van der Waals surface area contributed by atoms with Gasteiger partial charge >= 0.3 is 5.97 Å². The van der Waals surface area contributed by atoms with Gasteiger partial charge in [0.1, 0.15) is 5.75 Å². The zero-order valence-electron chi connectivity index (χ0n) is 14.7. The molecule has 9 heteroatoms. The van der Waals surface area contributed by atoms with Crippen molar-refractivity contribution in [2.45, 2.75) is 44.1 Å². The van der Waals surface area contributed by atoms with Crippen molar-refractivity contribution in [3.05, 3.63) is 17.7 Å². The topological polar surface area (TPSA) is 113 Å². The number of carbonyl (C=O) groups is 2. The van der Waals surface area contributed by atoms with Crippen LogP contribution in [0.5, 0.6) is 5.75 Å². The molecule has 0 aliphatic carbocycles. The van der Waals surface area contributed by atoms with E-state index >= 15 is 0 Å². The molecule has 2 aliphatic rings. The number of carbonyl (C=O) groups excluding carboxylic acids is 1. The minimum atomic E-state index is -3.77. The van der Waals surface area contributed by atoms with Gasteiger partial charge in [0.25, 0.3) is 5.91 Å². The first-order chi connectivity index (χ1) is 12.2. The Labute approximate surface area is 152 Å². The van der Waals surface area contributed by atoms with Crippen LogP contribution in [0.4, 0.5) is 5.69 Å². The molecule has 1 aromatic carbocycles. The lowest BCUT2D eigenvalue weighted by Gasteiger charge is -2.31. The Morgan fingerprint density at radius 3 is 2.58 bits per heavy atom. The van der Waals surface area contributed by atoms with Gasteiger partial charge in [0.05, 0.1) is 16.5 Å². The molecule has 1 amide bonds. The first-order valence-corrected chi connectivity index (χ1v) is 10.0. The van der Waals surface area contributed by atoms with Crippen LogP contribution in [0.3, 0.4) is 0 Å². The van der Waals surface area contributed by atoms with Crippen LogP contribution in [0.15, 0.2) is 17.0 Å². The standard InChI is InChI=1S/C17H22N2O6S/c1-3-13-16(20)18-12-8-10(2)15(9-14(12)25-13)26(23,24)19-6-4-11(5-7-19)17(21)22/h8-9,11,13H,3-7H2,1-2H3,(H,18,20)(H,21,22). The molecule has 2 heterocycles. The Kier molecular flexibility index (Phi) is 4.94. The lowest BCUT2D eigenvalue weighted by molar-refractivity contribution is -0.143. The molecule has 1 saturated heterocycles. The van der Waals surface area contributed by atoms with Crippen molar-refractivity contribution < 1.29 is 27.9 Å². The van der Waals surface area contributed by atoms with E-state index in [9.17, 15) is 18.0 Å². The molecular formula is C17H22N2O6S. The van der Waals surface area contributed by atoms with Crippen LogP contribution < -0.4 is 10.1 Å². The van der Waals surface area contributed by atoms with Crippen LogP contribution in [-0.2, 0) is 19.6 Å². The van der Waals surface area contributed by atoms with E-state index in [1.807, 2.05) is 6.92 Å². The number of hydrogen-bond donors (Lipinski definition) is 2. The van der Waals surface area contributed by atoms with Crippen molar-refractivity contribution in [3.8, 4) is 5.75 Å². The first kappa shape index (κ1) is 18.7. The minimum absolute atomic E-state index is 0.121. The molecule has 3 rings (SSSR count). The molecule has 0 saturated carbocycles. The number of carboxylic acid groups (broad SMARTS) is 1. The third-order valence-electron chi connectivity index (χ3n) is 4.89. The molecule has 0 aromatic heterocycles. The number of aryl methyl sites for hydroxylation is 1. The van der Waals surface area contributed by atoms with Gasteiger partial charge in [0.2, 0.25) is 10.0 Å². The fourth-order valence-corrected chi connectivity index (χ4v) is 5.00. The van der Waals surface area contributed by atoms with Crippen molar-refractivity contribution >= 4 is 27.6 Å². The molecule has 2 N–H and O–H groups in total. The zero-order chi connectivity index (χ0) is 19.1. The summed E-state index contributed by atoms with van der Waals surface area (Å²) in [7, 11) is -3.77. The summed E-state index contributed by atoms with van der Waals surface area (Å²) in [6, 6.07) is 3.04. The van der Waals surface area contributed by atoms with Gasteiger partial charge < -0.3 is 15.2 Å². The van der Waals surface area contributed by atoms with Crippen LogP contribution in [0.25, 0.3) is 0 Å². The van der Waals surface area contributed by atoms with E-state index < -0.39 is 28.0 Å². The molecule has 1 aromatic rings. The van der Waals surface area contributed by atoms with E-state index in [-0.39, 0.29) is 23.9 Å². The molecule has 1 atom stereocenters. The fraction of sp³-hybridized carbons (Fsp3) is 0.529. The Balaban J connectivity index is 1.89. The van der Waals surface area contributed by atoms with Gasteiger partial charge in [-0.2, -0.15) is 4.31 Å². The maximum absolute atomic E-state index is 13.0. The summed E-state index contributed by atoms with van der Waals surface area (Å²) >= 11 is 0. The van der Waals surface area contributed by atoms with Crippen LogP contribution in [-0.4, -0.2) is 48.9 Å². The van der Waals surface area contributed by atoms with Crippen molar-refractivity contribution in [2.24, 2.45) is 5.92 Å². The highest BCUT2D eigenvalue weighted by molar-refractivity contribution is 7.89. The summed E-state index contributed by atoms with van der Waals surface area (Å²) in [6.07, 6.45) is 0.419. The van der Waals surface area contributed by atoms with E-state index in [4.69, 9.17) is 9.84 Å². The average molecular weight is 382 g/mol. The van der Waals surface area contributed by atoms with Gasteiger partial charge in [-0.1, -0.05) is 6.92 Å². The number of fused-ring (bicyclic) bond motifs is 1. The fourth-order valence-electron chi connectivity index (χ4n) is 3.31. The van der Waals surface area contributed by atoms with Crippen LogP contribution in [0, 0.1) is 12.8 Å². The second-order valence-corrected chi connectivity index (χ2v) is 8.54. The molecule has 2 aliphatic heterocycles. The molecule has 142 valence electrons. The molecule has 0 bridgehead atoms. The number of nitrogens with one attached hydrogen (secondary N) is 1. The number of hydrogen-bond acceptors (Lipinski definition) is 5. The van der Waals surface area contributed by atoms with Crippen molar-refractivity contribution in [2.75, 3.05) is 18.4 Å².